The second kappa shape index (κ2) is 6.58. The highest BCUT2D eigenvalue weighted by Crippen LogP contribution is 2.20. The minimum Gasteiger partial charge on any atom is -0.446 e. The number of aromatic nitrogens is 1. The van der Waals surface area contributed by atoms with E-state index in [0.717, 1.165) is 6.42 Å². The van der Waals surface area contributed by atoms with Gasteiger partial charge in [0.15, 0.2) is 5.69 Å². The fourth-order valence-electron chi connectivity index (χ4n) is 2.67. The van der Waals surface area contributed by atoms with E-state index in [4.69, 9.17) is 14.9 Å². The Hall–Kier alpha value is -1.40. The molecule has 0 spiro atoms. The monoisotopic (exact) mass is 295 g/mol. The van der Waals surface area contributed by atoms with Gasteiger partial charge in [-0.05, 0) is 26.2 Å². The lowest BCUT2D eigenvalue weighted by Gasteiger charge is -2.34. The van der Waals surface area contributed by atoms with Crippen LogP contribution in [0.15, 0.2) is 10.7 Å². The zero-order valence-electron chi connectivity index (χ0n) is 13.2. The lowest BCUT2D eigenvalue weighted by atomic mass is 10.0. The van der Waals surface area contributed by atoms with Crippen molar-refractivity contribution in [3.63, 3.8) is 0 Å². The molecule has 1 amide bonds. The Bertz CT molecular complexity index is 476. The van der Waals surface area contributed by atoms with Crippen molar-refractivity contribution in [2.75, 3.05) is 13.1 Å². The summed E-state index contributed by atoms with van der Waals surface area (Å²) < 4.78 is 11.0. The smallest absolute Gasteiger partial charge is 0.275 e. The van der Waals surface area contributed by atoms with E-state index >= 15 is 0 Å². The standard InChI is InChI=1S/C15H25N3O3/c1-9(2)5-12(16)14-17-13(8-20-14)15(19)18-6-10(3)21-11(4)7-18/h8-12H,5-7,16H2,1-4H3. The van der Waals surface area contributed by atoms with Gasteiger partial charge in [0.2, 0.25) is 5.89 Å². The first kappa shape index (κ1) is 16.0. The molecule has 3 atom stereocenters. The fraction of sp³-hybridized carbons (Fsp3) is 0.733. The highest BCUT2D eigenvalue weighted by atomic mass is 16.5. The fourth-order valence-corrected chi connectivity index (χ4v) is 2.67. The Morgan fingerprint density at radius 1 is 1.43 bits per heavy atom. The minimum absolute atomic E-state index is 0.0345. The van der Waals surface area contributed by atoms with Crippen molar-refractivity contribution >= 4 is 5.91 Å². The van der Waals surface area contributed by atoms with E-state index < -0.39 is 0 Å². The molecule has 118 valence electrons. The van der Waals surface area contributed by atoms with Crippen LogP contribution in [0, 0.1) is 5.92 Å². The summed E-state index contributed by atoms with van der Waals surface area (Å²) in [5, 5.41) is 0. The molecule has 2 heterocycles. The predicted octanol–water partition coefficient (Wildman–Crippen LogP) is 1.97. The summed E-state index contributed by atoms with van der Waals surface area (Å²) in [6.45, 7) is 9.25. The van der Waals surface area contributed by atoms with Crippen LogP contribution >= 0.6 is 0 Å². The topological polar surface area (TPSA) is 81.6 Å². The maximum absolute atomic E-state index is 12.5. The molecule has 6 nitrogen and oxygen atoms in total. The number of morpholine rings is 1. The molecule has 1 aromatic rings. The van der Waals surface area contributed by atoms with Gasteiger partial charge in [0, 0.05) is 13.1 Å². The van der Waals surface area contributed by atoms with Gasteiger partial charge in [0.1, 0.15) is 6.26 Å². The van der Waals surface area contributed by atoms with Crippen LogP contribution in [0.25, 0.3) is 0 Å². The van der Waals surface area contributed by atoms with Crippen LogP contribution in [0.2, 0.25) is 0 Å². The lowest BCUT2D eigenvalue weighted by molar-refractivity contribution is -0.0587. The van der Waals surface area contributed by atoms with Crippen molar-refractivity contribution in [1.82, 2.24) is 9.88 Å². The molecule has 6 heteroatoms. The Morgan fingerprint density at radius 2 is 2.05 bits per heavy atom. The maximum Gasteiger partial charge on any atom is 0.275 e. The van der Waals surface area contributed by atoms with Crippen LogP contribution < -0.4 is 5.73 Å². The van der Waals surface area contributed by atoms with E-state index in [1.165, 1.54) is 6.26 Å². The average molecular weight is 295 g/mol. The van der Waals surface area contributed by atoms with E-state index in [1.807, 2.05) is 13.8 Å². The van der Waals surface area contributed by atoms with Gasteiger partial charge in [-0.15, -0.1) is 0 Å². The van der Waals surface area contributed by atoms with Crippen LogP contribution in [0.1, 0.15) is 56.5 Å². The third-order valence-electron chi connectivity index (χ3n) is 3.49. The van der Waals surface area contributed by atoms with E-state index in [9.17, 15) is 4.79 Å². The predicted molar refractivity (Wildman–Crippen MR) is 78.8 cm³/mol. The first-order chi connectivity index (χ1) is 9.86. The third kappa shape index (κ3) is 4.04. The Kier molecular flexibility index (Phi) is 5.00. The molecule has 3 unspecified atom stereocenters. The zero-order valence-corrected chi connectivity index (χ0v) is 13.2. The Labute approximate surface area is 125 Å². The third-order valence-corrected chi connectivity index (χ3v) is 3.49. The van der Waals surface area contributed by atoms with Crippen LogP contribution in [-0.2, 0) is 4.74 Å². The second-order valence-corrected chi connectivity index (χ2v) is 6.27. The maximum atomic E-state index is 12.5. The molecule has 1 aromatic heterocycles. The van der Waals surface area contributed by atoms with Crippen molar-refractivity contribution in [3.05, 3.63) is 17.8 Å². The summed E-state index contributed by atoms with van der Waals surface area (Å²) in [6, 6.07) is -0.269. The van der Waals surface area contributed by atoms with E-state index in [0.29, 0.717) is 30.6 Å². The number of oxazole rings is 1. The van der Waals surface area contributed by atoms with Gasteiger partial charge in [0.25, 0.3) is 5.91 Å². The molecule has 1 fully saturated rings. The highest BCUT2D eigenvalue weighted by Gasteiger charge is 2.28. The number of rotatable bonds is 4. The van der Waals surface area contributed by atoms with Gasteiger partial charge >= 0.3 is 0 Å². The summed E-state index contributed by atoms with van der Waals surface area (Å²) in [5.41, 5.74) is 6.36. The van der Waals surface area contributed by atoms with E-state index in [1.54, 1.807) is 4.90 Å². The van der Waals surface area contributed by atoms with Crippen molar-refractivity contribution in [2.24, 2.45) is 11.7 Å². The lowest BCUT2D eigenvalue weighted by Crippen LogP contribution is -2.48. The Balaban J connectivity index is 2.05. The number of hydrogen-bond donors (Lipinski definition) is 1. The van der Waals surface area contributed by atoms with Crippen LogP contribution in [0.5, 0.6) is 0 Å². The molecule has 0 radical (unpaired) electrons. The molecule has 2 rings (SSSR count). The number of nitrogens with zero attached hydrogens (tertiary/aromatic N) is 2. The molecule has 0 aromatic carbocycles. The minimum atomic E-state index is -0.269. The number of hydrogen-bond acceptors (Lipinski definition) is 5. The van der Waals surface area contributed by atoms with Crippen molar-refractivity contribution < 1.29 is 13.9 Å². The summed E-state index contributed by atoms with van der Waals surface area (Å²) in [5.74, 6) is 0.761. The molecule has 0 saturated carbocycles. The number of amides is 1. The number of carbonyl (C=O) groups is 1. The van der Waals surface area contributed by atoms with Crippen molar-refractivity contribution in [1.29, 1.82) is 0 Å². The average Bonchev–Trinajstić information content (AvgIpc) is 2.85. The number of ether oxygens (including phenoxy) is 1. The summed E-state index contributed by atoms with van der Waals surface area (Å²) in [7, 11) is 0. The second-order valence-electron chi connectivity index (χ2n) is 6.27. The molecular weight excluding hydrogens is 270 g/mol. The molecule has 1 saturated heterocycles. The van der Waals surface area contributed by atoms with Gasteiger partial charge in [-0.2, -0.15) is 0 Å². The van der Waals surface area contributed by atoms with Crippen LogP contribution in [0.3, 0.4) is 0 Å². The van der Waals surface area contributed by atoms with E-state index in [-0.39, 0.29) is 24.2 Å². The van der Waals surface area contributed by atoms with Gasteiger partial charge in [-0.25, -0.2) is 4.98 Å². The molecule has 0 aliphatic carbocycles. The van der Waals surface area contributed by atoms with Crippen LogP contribution in [0.4, 0.5) is 0 Å². The summed E-state index contributed by atoms with van der Waals surface area (Å²) in [4.78, 5) is 18.5. The van der Waals surface area contributed by atoms with Crippen molar-refractivity contribution in [3.8, 4) is 0 Å². The Morgan fingerprint density at radius 3 is 2.62 bits per heavy atom. The molecule has 0 bridgehead atoms. The van der Waals surface area contributed by atoms with Gasteiger partial charge in [0.05, 0.1) is 18.2 Å². The van der Waals surface area contributed by atoms with Crippen molar-refractivity contribution in [2.45, 2.75) is 52.4 Å². The van der Waals surface area contributed by atoms with Gasteiger partial charge in [-0.1, -0.05) is 13.8 Å². The summed E-state index contributed by atoms with van der Waals surface area (Å²) >= 11 is 0. The molecule has 1 aliphatic rings. The summed E-state index contributed by atoms with van der Waals surface area (Å²) in [6.07, 6.45) is 2.25. The van der Waals surface area contributed by atoms with E-state index in [2.05, 4.69) is 18.8 Å². The number of nitrogens with two attached hydrogens (primary N) is 1. The first-order valence-corrected chi connectivity index (χ1v) is 7.52. The quantitative estimate of drug-likeness (QED) is 0.918. The number of carbonyl (C=O) groups excluding carboxylic acids is 1. The first-order valence-electron chi connectivity index (χ1n) is 7.52. The molecule has 1 aliphatic heterocycles. The van der Waals surface area contributed by atoms with Crippen LogP contribution in [-0.4, -0.2) is 41.1 Å². The largest absolute Gasteiger partial charge is 0.446 e. The normalized spacial score (nSPS) is 24.4. The van der Waals surface area contributed by atoms with Gasteiger partial charge in [-0.3, -0.25) is 4.79 Å². The molecule has 2 N–H and O–H groups in total. The SMILES string of the molecule is CC(C)CC(N)c1nc(C(=O)N2CC(C)OC(C)C2)co1. The van der Waals surface area contributed by atoms with Gasteiger partial charge < -0.3 is 19.8 Å². The highest BCUT2D eigenvalue weighted by molar-refractivity contribution is 5.92. The zero-order chi connectivity index (χ0) is 15.6. The molecular formula is C15H25N3O3. The molecule has 21 heavy (non-hydrogen) atoms.